The molecule has 0 radical (unpaired) electrons. The molecule has 19 heavy (non-hydrogen) atoms. The van der Waals surface area contributed by atoms with Gasteiger partial charge in [-0.3, -0.25) is 9.98 Å². The van der Waals surface area contributed by atoms with Gasteiger partial charge in [-0.25, -0.2) is 0 Å². The Bertz CT molecular complexity index is 544. The number of ether oxygens (including phenoxy) is 2. The number of rotatable bonds is 4. The minimum atomic E-state index is 0. The van der Waals surface area contributed by atoms with E-state index in [0.29, 0.717) is 5.75 Å². The van der Waals surface area contributed by atoms with Gasteiger partial charge in [0, 0.05) is 24.7 Å². The highest BCUT2D eigenvalue weighted by Gasteiger charge is 2.02. The lowest BCUT2D eigenvalue weighted by atomic mass is 10.2. The summed E-state index contributed by atoms with van der Waals surface area (Å²) in [7, 11) is 3.24. The van der Waals surface area contributed by atoms with Crippen LogP contribution in [0.5, 0.6) is 11.5 Å². The van der Waals surface area contributed by atoms with Crippen molar-refractivity contribution in [1.82, 2.24) is 4.98 Å². The Morgan fingerprint density at radius 3 is 2.42 bits per heavy atom. The van der Waals surface area contributed by atoms with Gasteiger partial charge in [-0.05, 0) is 29.8 Å². The van der Waals surface area contributed by atoms with E-state index in [2.05, 4.69) is 9.98 Å². The molecule has 0 aliphatic rings. The number of aromatic nitrogens is 1. The molecule has 0 aliphatic heterocycles. The van der Waals surface area contributed by atoms with Crippen LogP contribution in [-0.4, -0.2) is 25.4 Å². The second-order valence-electron chi connectivity index (χ2n) is 3.58. The molecular weight excluding hydrogens is 264 g/mol. The molecule has 0 fully saturated rings. The van der Waals surface area contributed by atoms with E-state index in [1.165, 1.54) is 0 Å². The molecule has 0 bridgehead atoms. The topological polar surface area (TPSA) is 43.7 Å². The Morgan fingerprint density at radius 1 is 1.05 bits per heavy atom. The average molecular weight is 279 g/mol. The van der Waals surface area contributed by atoms with Crippen molar-refractivity contribution in [3.63, 3.8) is 0 Å². The molecule has 100 valence electrons. The lowest BCUT2D eigenvalue weighted by Crippen LogP contribution is -1.87. The standard InChI is InChI=1S/C14H14N2O2.ClH/c1-17-12-3-4-14(18-2)13(9-12)16-10-11-5-7-15-8-6-11;/h3-10H,1-2H3;1H. The van der Waals surface area contributed by atoms with Crippen molar-refractivity contribution in [2.75, 3.05) is 14.2 Å². The van der Waals surface area contributed by atoms with Crippen LogP contribution in [0.4, 0.5) is 5.69 Å². The molecule has 0 atom stereocenters. The first kappa shape index (κ1) is 15.0. The quantitative estimate of drug-likeness (QED) is 0.806. The summed E-state index contributed by atoms with van der Waals surface area (Å²) >= 11 is 0. The van der Waals surface area contributed by atoms with Crippen LogP contribution in [0.2, 0.25) is 0 Å². The maximum Gasteiger partial charge on any atom is 0.144 e. The Balaban J connectivity index is 0.00000180. The Labute approximate surface area is 118 Å². The monoisotopic (exact) mass is 278 g/mol. The van der Waals surface area contributed by atoms with Crippen molar-refractivity contribution in [3.05, 3.63) is 48.3 Å². The summed E-state index contributed by atoms with van der Waals surface area (Å²) in [6.45, 7) is 0. The van der Waals surface area contributed by atoms with Crippen LogP contribution in [0.3, 0.4) is 0 Å². The highest BCUT2D eigenvalue weighted by molar-refractivity contribution is 5.85. The Kier molecular flexibility index (Phi) is 5.82. The van der Waals surface area contributed by atoms with Crippen molar-refractivity contribution < 1.29 is 9.47 Å². The number of hydrogen-bond donors (Lipinski definition) is 0. The van der Waals surface area contributed by atoms with E-state index in [1.54, 1.807) is 32.8 Å². The normalized spacial score (nSPS) is 10.0. The second-order valence-corrected chi connectivity index (χ2v) is 3.58. The average Bonchev–Trinajstić information content (AvgIpc) is 2.45. The number of benzene rings is 1. The highest BCUT2D eigenvalue weighted by Crippen LogP contribution is 2.31. The number of halogens is 1. The van der Waals surface area contributed by atoms with Crippen LogP contribution in [0.25, 0.3) is 0 Å². The second kappa shape index (κ2) is 7.38. The number of pyridine rings is 1. The molecule has 1 aromatic heterocycles. The predicted molar refractivity (Wildman–Crippen MR) is 78.3 cm³/mol. The Morgan fingerprint density at radius 2 is 1.79 bits per heavy atom. The molecule has 0 N–H and O–H groups in total. The molecule has 0 saturated carbocycles. The third-order valence-corrected chi connectivity index (χ3v) is 2.44. The highest BCUT2D eigenvalue weighted by atomic mass is 35.5. The molecule has 0 amide bonds. The van der Waals surface area contributed by atoms with E-state index in [1.807, 2.05) is 30.3 Å². The number of aliphatic imine (C=N–C) groups is 1. The van der Waals surface area contributed by atoms with Crippen molar-refractivity contribution in [2.24, 2.45) is 4.99 Å². The van der Waals surface area contributed by atoms with Gasteiger partial charge in [0.25, 0.3) is 0 Å². The summed E-state index contributed by atoms with van der Waals surface area (Å²) in [5.74, 6) is 1.46. The van der Waals surface area contributed by atoms with Crippen LogP contribution in [-0.2, 0) is 0 Å². The summed E-state index contributed by atoms with van der Waals surface area (Å²) in [5.41, 5.74) is 1.71. The summed E-state index contributed by atoms with van der Waals surface area (Å²) in [6, 6.07) is 9.27. The lowest BCUT2D eigenvalue weighted by molar-refractivity contribution is 0.404. The summed E-state index contributed by atoms with van der Waals surface area (Å²) < 4.78 is 10.4. The van der Waals surface area contributed by atoms with E-state index in [9.17, 15) is 0 Å². The van der Waals surface area contributed by atoms with E-state index in [0.717, 1.165) is 17.0 Å². The molecule has 0 aliphatic carbocycles. The smallest absolute Gasteiger partial charge is 0.144 e. The SMILES string of the molecule is COc1ccc(OC)c(N=Cc2ccncc2)c1.Cl. The largest absolute Gasteiger partial charge is 0.497 e. The van der Waals surface area contributed by atoms with E-state index in [-0.39, 0.29) is 12.4 Å². The van der Waals surface area contributed by atoms with E-state index >= 15 is 0 Å². The maximum atomic E-state index is 5.25. The van der Waals surface area contributed by atoms with Gasteiger partial charge in [-0.1, -0.05) is 0 Å². The van der Waals surface area contributed by atoms with Crippen molar-refractivity contribution in [1.29, 1.82) is 0 Å². The van der Waals surface area contributed by atoms with Crippen LogP contribution in [0.15, 0.2) is 47.7 Å². The van der Waals surface area contributed by atoms with Gasteiger partial charge in [-0.15, -0.1) is 12.4 Å². The van der Waals surface area contributed by atoms with Crippen LogP contribution >= 0.6 is 12.4 Å². The molecule has 2 aromatic rings. The van der Waals surface area contributed by atoms with Gasteiger partial charge in [0.2, 0.25) is 0 Å². The van der Waals surface area contributed by atoms with Crippen LogP contribution in [0.1, 0.15) is 5.56 Å². The van der Waals surface area contributed by atoms with Crippen LogP contribution < -0.4 is 9.47 Å². The summed E-state index contributed by atoms with van der Waals surface area (Å²) in [5, 5.41) is 0. The first-order valence-electron chi connectivity index (χ1n) is 5.49. The minimum absolute atomic E-state index is 0. The molecule has 0 saturated heterocycles. The van der Waals surface area contributed by atoms with Gasteiger partial charge < -0.3 is 9.47 Å². The lowest BCUT2D eigenvalue weighted by Gasteiger charge is -2.06. The molecule has 0 unspecified atom stereocenters. The minimum Gasteiger partial charge on any atom is -0.497 e. The number of methoxy groups -OCH3 is 2. The number of hydrogen-bond acceptors (Lipinski definition) is 4. The van der Waals surface area contributed by atoms with Gasteiger partial charge in [-0.2, -0.15) is 0 Å². The predicted octanol–water partition coefficient (Wildman–Crippen LogP) is 3.27. The zero-order chi connectivity index (χ0) is 12.8. The molecule has 4 nitrogen and oxygen atoms in total. The fraction of sp³-hybridized carbons (Fsp3) is 0.143. The van der Waals surface area contributed by atoms with Gasteiger partial charge >= 0.3 is 0 Å². The molecular formula is C14H15ClN2O2. The van der Waals surface area contributed by atoms with E-state index in [4.69, 9.17) is 9.47 Å². The molecule has 5 heteroatoms. The number of nitrogens with zero attached hydrogens (tertiary/aromatic N) is 2. The first-order valence-corrected chi connectivity index (χ1v) is 5.49. The fourth-order valence-electron chi connectivity index (χ4n) is 1.49. The maximum absolute atomic E-state index is 5.25. The van der Waals surface area contributed by atoms with Crippen molar-refractivity contribution in [2.45, 2.75) is 0 Å². The van der Waals surface area contributed by atoms with Crippen molar-refractivity contribution in [3.8, 4) is 11.5 Å². The molecule has 2 rings (SSSR count). The molecule has 0 spiro atoms. The van der Waals surface area contributed by atoms with E-state index < -0.39 is 0 Å². The molecule has 1 aromatic carbocycles. The van der Waals surface area contributed by atoms with Gasteiger partial charge in [0.05, 0.1) is 14.2 Å². The fourth-order valence-corrected chi connectivity index (χ4v) is 1.49. The summed E-state index contributed by atoms with van der Waals surface area (Å²) in [4.78, 5) is 8.35. The molecule has 1 heterocycles. The zero-order valence-electron chi connectivity index (χ0n) is 10.7. The van der Waals surface area contributed by atoms with Gasteiger partial charge in [0.1, 0.15) is 17.2 Å². The first-order chi connectivity index (χ1) is 8.83. The zero-order valence-corrected chi connectivity index (χ0v) is 11.6. The van der Waals surface area contributed by atoms with Gasteiger partial charge in [0.15, 0.2) is 0 Å². The summed E-state index contributed by atoms with van der Waals surface area (Å²) in [6.07, 6.45) is 5.22. The third-order valence-electron chi connectivity index (χ3n) is 2.44. The van der Waals surface area contributed by atoms with Crippen molar-refractivity contribution >= 4 is 24.3 Å². The van der Waals surface area contributed by atoms with Crippen LogP contribution in [0, 0.1) is 0 Å². The Hall–Kier alpha value is -2.07. The third kappa shape index (κ3) is 3.96.